The molecule has 0 spiro atoms. The van der Waals surface area contributed by atoms with Gasteiger partial charge < -0.3 is 5.11 Å². The molecule has 0 radical (unpaired) electrons. The van der Waals surface area contributed by atoms with Crippen LogP contribution in [-0.2, 0) is 15.4 Å². The second kappa shape index (κ2) is 4.57. The van der Waals surface area contributed by atoms with Gasteiger partial charge in [0.1, 0.15) is 0 Å². The molecule has 1 aromatic carbocycles. The molecule has 0 aliphatic carbocycles. The Morgan fingerprint density at radius 2 is 1.70 bits per heavy atom. The second-order valence-electron chi connectivity index (χ2n) is 6.59. The molecule has 2 saturated heterocycles. The zero-order valence-electron chi connectivity index (χ0n) is 12.0. The molecule has 2 unspecified atom stereocenters. The van der Waals surface area contributed by atoms with Crippen molar-refractivity contribution in [1.82, 2.24) is 0 Å². The van der Waals surface area contributed by atoms with E-state index in [4.69, 9.17) is 0 Å². The van der Waals surface area contributed by atoms with E-state index in [9.17, 15) is 13.5 Å². The molecular weight excluding hydrogens is 272 g/mol. The second-order valence-corrected chi connectivity index (χ2v) is 9.10. The van der Waals surface area contributed by atoms with Crippen molar-refractivity contribution in [1.29, 1.82) is 0 Å². The number of rotatable bonds is 2. The van der Waals surface area contributed by atoms with E-state index >= 15 is 0 Å². The minimum atomic E-state index is -3.00. The van der Waals surface area contributed by atoms with Crippen LogP contribution < -0.4 is 0 Å². The highest BCUT2D eigenvalue weighted by Crippen LogP contribution is 2.48. The van der Waals surface area contributed by atoms with Crippen molar-refractivity contribution in [3.8, 4) is 0 Å². The monoisotopic (exact) mass is 294 g/mol. The molecule has 0 aromatic heterocycles. The average molecular weight is 294 g/mol. The van der Waals surface area contributed by atoms with E-state index < -0.39 is 15.4 Å². The van der Waals surface area contributed by atoms with E-state index in [0.29, 0.717) is 31.6 Å². The third-order valence-electron chi connectivity index (χ3n) is 4.95. The van der Waals surface area contributed by atoms with Gasteiger partial charge in [-0.15, -0.1) is 0 Å². The fourth-order valence-corrected chi connectivity index (χ4v) is 6.38. The lowest BCUT2D eigenvalue weighted by Gasteiger charge is -2.38. The number of benzene rings is 1. The summed E-state index contributed by atoms with van der Waals surface area (Å²) < 4.78 is 24.4. The molecule has 1 N–H and O–H groups in total. The van der Waals surface area contributed by atoms with E-state index in [2.05, 4.69) is 13.8 Å². The van der Waals surface area contributed by atoms with E-state index in [1.807, 2.05) is 24.3 Å². The molecule has 2 fully saturated rings. The number of sulfone groups is 1. The number of hydrogen-bond donors (Lipinski definition) is 1. The van der Waals surface area contributed by atoms with Crippen molar-refractivity contribution in [3.05, 3.63) is 35.4 Å². The van der Waals surface area contributed by atoms with Crippen LogP contribution in [0.3, 0.4) is 0 Å². The van der Waals surface area contributed by atoms with E-state index in [1.165, 1.54) is 0 Å². The summed E-state index contributed by atoms with van der Waals surface area (Å²) in [7, 11) is -3.00. The summed E-state index contributed by atoms with van der Waals surface area (Å²) >= 11 is 0. The normalized spacial score (nSPS) is 35.4. The van der Waals surface area contributed by atoms with Crippen LogP contribution in [0.1, 0.15) is 56.6 Å². The number of fused-ring (bicyclic) bond motifs is 2. The van der Waals surface area contributed by atoms with Crippen molar-refractivity contribution in [2.75, 3.05) is 0 Å². The smallest absolute Gasteiger partial charge is 0.156 e. The predicted molar refractivity (Wildman–Crippen MR) is 79.4 cm³/mol. The fourth-order valence-electron chi connectivity index (χ4n) is 3.89. The van der Waals surface area contributed by atoms with Gasteiger partial charge in [0.2, 0.25) is 0 Å². The summed E-state index contributed by atoms with van der Waals surface area (Å²) in [6, 6.07) is 7.93. The van der Waals surface area contributed by atoms with Crippen LogP contribution in [-0.4, -0.2) is 24.0 Å². The Kier molecular flexibility index (Phi) is 3.22. The molecule has 0 amide bonds. The van der Waals surface area contributed by atoms with Crippen molar-refractivity contribution < 1.29 is 13.5 Å². The van der Waals surface area contributed by atoms with Crippen LogP contribution in [0.15, 0.2) is 24.3 Å². The van der Waals surface area contributed by atoms with Crippen LogP contribution in [0.25, 0.3) is 0 Å². The lowest BCUT2D eigenvalue weighted by molar-refractivity contribution is 0.0163. The van der Waals surface area contributed by atoms with Gasteiger partial charge in [-0.2, -0.15) is 0 Å². The fraction of sp³-hybridized carbons (Fsp3) is 0.625. The lowest BCUT2D eigenvalue weighted by atomic mass is 9.80. The third-order valence-corrected chi connectivity index (χ3v) is 7.62. The maximum Gasteiger partial charge on any atom is 0.156 e. The Balaban J connectivity index is 2.04. The quantitative estimate of drug-likeness (QED) is 0.912. The summed E-state index contributed by atoms with van der Waals surface area (Å²) in [5.74, 6) is 0.325. The Morgan fingerprint density at radius 3 is 2.25 bits per heavy atom. The van der Waals surface area contributed by atoms with Crippen molar-refractivity contribution in [3.63, 3.8) is 0 Å². The van der Waals surface area contributed by atoms with Crippen LogP contribution in [0, 0.1) is 0 Å². The Bertz CT molecular complexity index is 598. The molecule has 3 rings (SSSR count). The van der Waals surface area contributed by atoms with Crippen LogP contribution in [0.5, 0.6) is 0 Å². The number of hydrogen-bond acceptors (Lipinski definition) is 3. The van der Waals surface area contributed by atoms with Gasteiger partial charge in [-0.25, -0.2) is 8.42 Å². The zero-order chi connectivity index (χ0) is 14.5. The van der Waals surface area contributed by atoms with Gasteiger partial charge in [0.05, 0.1) is 16.1 Å². The van der Waals surface area contributed by atoms with Gasteiger partial charge in [0, 0.05) is 0 Å². The first-order valence-electron chi connectivity index (χ1n) is 7.39. The minimum Gasteiger partial charge on any atom is -0.385 e. The van der Waals surface area contributed by atoms with Crippen LogP contribution in [0.2, 0.25) is 0 Å². The zero-order valence-corrected chi connectivity index (χ0v) is 12.9. The van der Waals surface area contributed by atoms with Gasteiger partial charge in [0.25, 0.3) is 0 Å². The van der Waals surface area contributed by atoms with Gasteiger partial charge in [-0.1, -0.05) is 38.1 Å². The number of aliphatic hydroxyl groups is 1. The SMILES string of the molecule is CC(C)c1ccccc1C1(O)CC2CCC(C1)S2(=O)=O. The summed E-state index contributed by atoms with van der Waals surface area (Å²) in [6.07, 6.45) is 2.13. The molecule has 2 bridgehead atoms. The Labute approximate surface area is 120 Å². The predicted octanol–water partition coefficient (Wildman–Crippen LogP) is 2.74. The van der Waals surface area contributed by atoms with Crippen LogP contribution in [0.4, 0.5) is 0 Å². The molecule has 2 aliphatic rings. The first-order valence-corrected chi connectivity index (χ1v) is 9.00. The molecule has 0 saturated carbocycles. The van der Waals surface area contributed by atoms with Crippen molar-refractivity contribution >= 4 is 9.84 Å². The topological polar surface area (TPSA) is 54.4 Å². The molecule has 2 atom stereocenters. The summed E-state index contributed by atoms with van der Waals surface area (Å²) in [5.41, 5.74) is 1.09. The highest BCUT2D eigenvalue weighted by atomic mass is 32.2. The maximum absolute atomic E-state index is 12.2. The van der Waals surface area contributed by atoms with E-state index in [0.717, 1.165) is 11.1 Å². The molecular formula is C16H22O3S. The standard InChI is InChI=1S/C16H22O3S/c1-11(2)14-5-3-4-6-15(14)16(17)9-12-7-8-13(10-16)20(12,18)19/h3-6,11-13,17H,7-10H2,1-2H3. The van der Waals surface area contributed by atoms with Crippen molar-refractivity contribution in [2.45, 2.75) is 61.5 Å². The minimum absolute atomic E-state index is 0.325. The first kappa shape index (κ1) is 14.1. The van der Waals surface area contributed by atoms with Crippen LogP contribution >= 0.6 is 0 Å². The summed E-state index contributed by atoms with van der Waals surface area (Å²) in [5, 5.41) is 10.4. The van der Waals surface area contributed by atoms with Gasteiger partial charge >= 0.3 is 0 Å². The Hall–Kier alpha value is -0.870. The average Bonchev–Trinajstić information content (AvgIpc) is 2.59. The van der Waals surface area contributed by atoms with Gasteiger partial charge in [-0.05, 0) is 42.7 Å². The molecule has 2 heterocycles. The molecule has 20 heavy (non-hydrogen) atoms. The third kappa shape index (κ3) is 2.01. The summed E-state index contributed by atoms with van der Waals surface area (Å²) in [6.45, 7) is 4.22. The molecule has 3 nitrogen and oxygen atoms in total. The largest absolute Gasteiger partial charge is 0.385 e. The van der Waals surface area contributed by atoms with E-state index in [1.54, 1.807) is 0 Å². The van der Waals surface area contributed by atoms with Gasteiger partial charge in [0.15, 0.2) is 9.84 Å². The van der Waals surface area contributed by atoms with Crippen molar-refractivity contribution in [2.24, 2.45) is 0 Å². The Morgan fingerprint density at radius 1 is 1.15 bits per heavy atom. The summed E-state index contributed by atoms with van der Waals surface area (Å²) in [4.78, 5) is 0. The lowest BCUT2D eigenvalue weighted by Crippen LogP contribution is -2.43. The molecule has 2 aliphatic heterocycles. The molecule has 1 aromatic rings. The highest BCUT2D eigenvalue weighted by molar-refractivity contribution is 7.93. The molecule has 4 heteroatoms. The first-order chi connectivity index (χ1) is 9.34. The molecule has 110 valence electrons. The van der Waals surface area contributed by atoms with Gasteiger partial charge in [-0.3, -0.25) is 0 Å². The van der Waals surface area contributed by atoms with E-state index in [-0.39, 0.29) is 10.5 Å². The maximum atomic E-state index is 12.2. The highest BCUT2D eigenvalue weighted by Gasteiger charge is 2.53.